The number of benzene rings is 2. The molecule has 0 spiro atoms. The molecule has 2 aromatic carbocycles. The third kappa shape index (κ3) is 7.80. The van der Waals surface area contributed by atoms with Crippen LogP contribution in [0.4, 0.5) is 13.6 Å². The number of halogens is 4. The van der Waals surface area contributed by atoms with E-state index in [0.29, 0.717) is 35.3 Å². The van der Waals surface area contributed by atoms with Gasteiger partial charge < -0.3 is 15.0 Å². The summed E-state index contributed by atoms with van der Waals surface area (Å²) >= 11 is 0. The first kappa shape index (κ1) is 33.1. The van der Waals surface area contributed by atoms with Crippen LogP contribution < -0.4 is 5.32 Å². The minimum absolute atomic E-state index is 0. The number of hydrogen-bond acceptors (Lipinski definition) is 5. The number of carbonyl (C=O) groups excluding carboxylic acids is 1. The second-order valence-corrected chi connectivity index (χ2v) is 9.25. The molecule has 2 aliphatic heterocycles. The second kappa shape index (κ2) is 12.9. The van der Waals surface area contributed by atoms with Gasteiger partial charge in [0.2, 0.25) is 0 Å². The zero-order valence-corrected chi connectivity index (χ0v) is 21.3. The smallest absolute Gasteiger partial charge is 0.410 e. The van der Waals surface area contributed by atoms with E-state index < -0.39 is 23.0 Å². The summed E-state index contributed by atoms with van der Waals surface area (Å²) in [4.78, 5) is 13.1. The van der Waals surface area contributed by atoms with E-state index >= 15 is 0 Å². The highest BCUT2D eigenvalue weighted by Crippen LogP contribution is 2.37. The van der Waals surface area contributed by atoms with E-state index in [9.17, 15) is 13.6 Å². The monoisotopic (exact) mass is 540 g/mol. The molecule has 4 rings (SSSR count). The van der Waals surface area contributed by atoms with Crippen molar-refractivity contribution in [2.75, 3.05) is 26.2 Å². The summed E-state index contributed by atoms with van der Waals surface area (Å²) < 4.78 is 33.5. The van der Waals surface area contributed by atoms with Crippen molar-refractivity contribution in [2.45, 2.75) is 45.1 Å². The lowest BCUT2D eigenvalue weighted by molar-refractivity contribution is -0.0537. The first-order valence-corrected chi connectivity index (χ1v) is 10.6. The number of amides is 1. The summed E-state index contributed by atoms with van der Waals surface area (Å²) in [7, 11) is 0. The number of nitrogens with zero attached hydrogens (tertiary/aromatic N) is 3. The minimum atomic E-state index is -1.55. The SMILES string of the molecule is C.CC(C)(C)OC(=O)N1CC(F)(c2ccc(C#N)cc2)C1.Cl.Cl.N#Cc1ccc(C2(F)CNC2)cc1. The zero-order valence-electron chi connectivity index (χ0n) is 19.7. The molecule has 0 radical (unpaired) electrons. The maximum absolute atomic E-state index is 14.6. The van der Waals surface area contributed by atoms with Crippen LogP contribution in [0.5, 0.6) is 0 Å². The summed E-state index contributed by atoms with van der Waals surface area (Å²) in [5.41, 5.74) is -1.15. The Morgan fingerprint density at radius 1 is 0.889 bits per heavy atom. The largest absolute Gasteiger partial charge is 0.444 e. The molecule has 0 aromatic heterocycles. The van der Waals surface area contributed by atoms with E-state index in [-0.39, 0.29) is 45.3 Å². The fraction of sp³-hybridized carbons (Fsp3) is 0.423. The minimum Gasteiger partial charge on any atom is -0.444 e. The normalized spacial score (nSPS) is 16.2. The van der Waals surface area contributed by atoms with Gasteiger partial charge in [0.25, 0.3) is 0 Å². The van der Waals surface area contributed by atoms with Gasteiger partial charge in [0, 0.05) is 13.1 Å². The summed E-state index contributed by atoms with van der Waals surface area (Å²) in [6.07, 6.45) is -0.501. The average Bonchev–Trinajstić information content (AvgIpc) is 2.74. The van der Waals surface area contributed by atoms with E-state index in [2.05, 4.69) is 5.32 Å². The molecule has 1 amide bonds. The van der Waals surface area contributed by atoms with Gasteiger partial charge in [0.05, 0.1) is 36.4 Å². The topological polar surface area (TPSA) is 89.2 Å². The summed E-state index contributed by atoms with van der Waals surface area (Å²) in [5, 5.41) is 20.1. The molecule has 2 saturated heterocycles. The molecule has 0 aliphatic carbocycles. The van der Waals surface area contributed by atoms with Crippen molar-refractivity contribution < 1.29 is 18.3 Å². The third-order valence-corrected chi connectivity index (χ3v) is 5.41. The molecule has 0 bridgehead atoms. The van der Waals surface area contributed by atoms with E-state index in [1.807, 2.05) is 12.1 Å². The Balaban J connectivity index is 0.000000672. The quantitative estimate of drug-likeness (QED) is 0.521. The molecule has 1 N–H and O–H groups in total. The van der Waals surface area contributed by atoms with Crippen molar-refractivity contribution in [1.29, 1.82) is 10.5 Å². The van der Waals surface area contributed by atoms with Crippen LogP contribution >= 0.6 is 24.8 Å². The highest BCUT2D eigenvalue weighted by molar-refractivity contribution is 5.85. The van der Waals surface area contributed by atoms with Crippen LogP contribution in [0.2, 0.25) is 0 Å². The van der Waals surface area contributed by atoms with Crippen LogP contribution in [0.25, 0.3) is 0 Å². The van der Waals surface area contributed by atoms with Gasteiger partial charge in [-0.05, 0) is 56.2 Å². The van der Waals surface area contributed by atoms with Crippen molar-refractivity contribution in [3.63, 3.8) is 0 Å². The molecule has 0 unspecified atom stereocenters. The molecule has 2 fully saturated rings. The molecule has 2 heterocycles. The number of nitriles is 2. The highest BCUT2D eigenvalue weighted by Gasteiger charge is 2.48. The van der Waals surface area contributed by atoms with Crippen LogP contribution in [-0.4, -0.2) is 42.8 Å². The van der Waals surface area contributed by atoms with Crippen LogP contribution in [-0.2, 0) is 16.1 Å². The van der Waals surface area contributed by atoms with E-state index in [1.165, 1.54) is 4.90 Å². The fourth-order valence-corrected chi connectivity index (χ4v) is 3.43. The fourth-order valence-electron chi connectivity index (χ4n) is 3.43. The second-order valence-electron chi connectivity index (χ2n) is 9.25. The zero-order chi connectivity index (χ0) is 24.3. The Labute approximate surface area is 224 Å². The van der Waals surface area contributed by atoms with Gasteiger partial charge in [-0.1, -0.05) is 31.7 Å². The summed E-state index contributed by atoms with van der Waals surface area (Å²) in [6, 6.07) is 17.0. The molecule has 196 valence electrons. The Bertz CT molecular complexity index is 1080. The number of ether oxygens (including phenoxy) is 1. The number of likely N-dealkylation sites (tertiary alicyclic amines) is 1. The number of alkyl halides is 2. The molecule has 2 aliphatic rings. The number of hydrogen-bond donors (Lipinski definition) is 1. The number of carbonyl (C=O) groups is 1. The molecular weight excluding hydrogens is 509 g/mol. The van der Waals surface area contributed by atoms with E-state index in [4.69, 9.17) is 15.3 Å². The van der Waals surface area contributed by atoms with Gasteiger partial charge in [-0.25, -0.2) is 13.6 Å². The van der Waals surface area contributed by atoms with Crippen LogP contribution in [0.15, 0.2) is 48.5 Å². The lowest BCUT2D eigenvalue weighted by atomic mass is 9.88. The Morgan fingerprint density at radius 3 is 1.58 bits per heavy atom. The van der Waals surface area contributed by atoms with E-state index in [1.54, 1.807) is 69.3 Å². The predicted molar refractivity (Wildman–Crippen MR) is 140 cm³/mol. The maximum atomic E-state index is 14.6. The van der Waals surface area contributed by atoms with Gasteiger partial charge >= 0.3 is 6.09 Å². The summed E-state index contributed by atoms with van der Waals surface area (Å²) in [5.74, 6) is 0. The lowest BCUT2D eigenvalue weighted by Crippen LogP contribution is -2.59. The lowest BCUT2D eigenvalue weighted by Gasteiger charge is -2.44. The van der Waals surface area contributed by atoms with Gasteiger partial charge in [0.1, 0.15) is 5.60 Å². The van der Waals surface area contributed by atoms with Crippen LogP contribution in [0.3, 0.4) is 0 Å². The van der Waals surface area contributed by atoms with Crippen molar-refractivity contribution >= 4 is 30.9 Å². The average molecular weight is 541 g/mol. The molecular formula is C26H32Cl2F2N4O2. The first-order valence-electron chi connectivity index (χ1n) is 10.6. The van der Waals surface area contributed by atoms with Gasteiger partial charge in [0.15, 0.2) is 11.3 Å². The third-order valence-electron chi connectivity index (χ3n) is 5.41. The van der Waals surface area contributed by atoms with Crippen molar-refractivity contribution in [2.24, 2.45) is 0 Å². The predicted octanol–water partition coefficient (Wildman–Crippen LogP) is 5.78. The van der Waals surface area contributed by atoms with Crippen molar-refractivity contribution in [3.8, 4) is 12.1 Å². The highest BCUT2D eigenvalue weighted by atomic mass is 35.5. The first-order chi connectivity index (χ1) is 15.5. The summed E-state index contributed by atoms with van der Waals surface area (Å²) in [6.45, 7) is 6.02. The standard InChI is InChI=1S/C15H17FN2O2.C10H9FN2.CH4.2ClH/c1-14(2,3)20-13(19)18-9-15(16,10-18)12-6-4-11(8-17)5-7-12;11-10(6-13-7-10)9-3-1-8(5-12)2-4-9;;;/h4-7H,9-10H2,1-3H3;1-4,13H,6-7H2;1H4;2*1H. The Morgan fingerprint density at radius 2 is 1.28 bits per heavy atom. The van der Waals surface area contributed by atoms with Gasteiger partial charge in [-0.3, -0.25) is 0 Å². The van der Waals surface area contributed by atoms with E-state index in [0.717, 1.165) is 0 Å². The molecule has 10 heteroatoms. The Kier molecular flexibility index (Phi) is 11.8. The number of rotatable bonds is 2. The van der Waals surface area contributed by atoms with Crippen molar-refractivity contribution in [1.82, 2.24) is 10.2 Å². The van der Waals surface area contributed by atoms with Crippen molar-refractivity contribution in [3.05, 3.63) is 70.8 Å². The van der Waals surface area contributed by atoms with Gasteiger partial charge in [-0.15, -0.1) is 24.8 Å². The maximum Gasteiger partial charge on any atom is 0.410 e. The molecule has 0 saturated carbocycles. The van der Waals surface area contributed by atoms with Crippen LogP contribution in [0, 0.1) is 22.7 Å². The molecule has 0 atom stereocenters. The Hall–Kier alpha value is -2.91. The van der Waals surface area contributed by atoms with Crippen LogP contribution in [0.1, 0.15) is 50.5 Å². The molecule has 36 heavy (non-hydrogen) atoms. The molecule has 2 aromatic rings. The number of nitrogens with one attached hydrogen (secondary N) is 1. The molecule has 6 nitrogen and oxygen atoms in total. The van der Waals surface area contributed by atoms with Gasteiger partial charge in [-0.2, -0.15) is 10.5 Å².